The van der Waals surface area contributed by atoms with Gasteiger partial charge in [-0.15, -0.1) is 11.8 Å². The van der Waals surface area contributed by atoms with Gasteiger partial charge in [-0.1, -0.05) is 35.9 Å². The summed E-state index contributed by atoms with van der Waals surface area (Å²) in [5.74, 6) is -0.149. The number of halogens is 1. The maximum Gasteiger partial charge on any atom is 0.259 e. The molecule has 3 rings (SSSR count). The highest BCUT2D eigenvalue weighted by atomic mass is 35.5. The summed E-state index contributed by atoms with van der Waals surface area (Å²) in [5.41, 5.74) is 3.87. The zero-order chi connectivity index (χ0) is 18.7. The maximum absolute atomic E-state index is 12.8. The molecule has 1 aromatic heterocycles. The Morgan fingerprint density at radius 2 is 1.96 bits per heavy atom. The van der Waals surface area contributed by atoms with Gasteiger partial charge in [0.1, 0.15) is 0 Å². The number of carbonyl (C=O) groups excluding carboxylic acids is 1. The molecular weight excluding hydrogens is 366 g/mol. The van der Waals surface area contributed by atoms with Gasteiger partial charge in [-0.25, -0.2) is 0 Å². The molecule has 3 aromatic rings. The van der Waals surface area contributed by atoms with Crippen LogP contribution < -0.4 is 5.32 Å². The first-order chi connectivity index (χ1) is 12.5. The Morgan fingerprint density at radius 3 is 2.69 bits per heavy atom. The van der Waals surface area contributed by atoms with Crippen LogP contribution in [0.5, 0.6) is 0 Å². The quantitative estimate of drug-likeness (QED) is 0.616. The summed E-state index contributed by atoms with van der Waals surface area (Å²) < 4.78 is 1.82. The van der Waals surface area contributed by atoms with Crippen LogP contribution in [0.15, 0.2) is 53.4 Å². The maximum atomic E-state index is 12.8. The van der Waals surface area contributed by atoms with Gasteiger partial charge in [0.2, 0.25) is 0 Å². The zero-order valence-corrected chi connectivity index (χ0v) is 16.5. The molecule has 1 amide bonds. The molecule has 0 saturated heterocycles. The minimum absolute atomic E-state index is 0.149. The molecule has 0 aliphatic rings. The molecule has 0 unspecified atom stereocenters. The third-order valence-electron chi connectivity index (χ3n) is 4.21. The van der Waals surface area contributed by atoms with Crippen LogP contribution in [0.1, 0.15) is 27.3 Å². The summed E-state index contributed by atoms with van der Waals surface area (Å²) in [5, 5.41) is 8.20. The molecule has 0 atom stereocenters. The SMILES string of the molecule is CSc1cccc(NC(=O)c2c(C)nn(Cc3ccccc3Cl)c2C)c1. The predicted octanol–water partition coefficient (Wildman–Crippen LogP) is 5.18. The highest BCUT2D eigenvalue weighted by Gasteiger charge is 2.19. The Hall–Kier alpha value is -2.24. The van der Waals surface area contributed by atoms with Crippen molar-refractivity contribution in [2.75, 3.05) is 11.6 Å². The second-order valence-corrected chi connectivity index (χ2v) is 7.27. The lowest BCUT2D eigenvalue weighted by atomic mass is 10.1. The van der Waals surface area contributed by atoms with Crippen LogP contribution in [0.4, 0.5) is 5.69 Å². The van der Waals surface area contributed by atoms with Gasteiger partial charge in [0.25, 0.3) is 5.91 Å². The smallest absolute Gasteiger partial charge is 0.259 e. The first-order valence-electron chi connectivity index (χ1n) is 8.22. The van der Waals surface area contributed by atoms with E-state index in [-0.39, 0.29) is 5.91 Å². The van der Waals surface area contributed by atoms with Crippen molar-refractivity contribution in [1.82, 2.24) is 9.78 Å². The normalized spacial score (nSPS) is 10.8. The van der Waals surface area contributed by atoms with Crippen LogP contribution in [0.25, 0.3) is 0 Å². The molecule has 0 aliphatic heterocycles. The van der Waals surface area contributed by atoms with Crippen molar-refractivity contribution in [1.29, 1.82) is 0 Å². The molecule has 0 aliphatic carbocycles. The van der Waals surface area contributed by atoms with Crippen molar-refractivity contribution in [3.63, 3.8) is 0 Å². The monoisotopic (exact) mass is 385 g/mol. The summed E-state index contributed by atoms with van der Waals surface area (Å²) in [6.07, 6.45) is 2.01. The van der Waals surface area contributed by atoms with E-state index in [0.29, 0.717) is 22.8 Å². The molecule has 26 heavy (non-hydrogen) atoms. The number of amides is 1. The summed E-state index contributed by atoms with van der Waals surface area (Å²) in [6, 6.07) is 15.5. The number of thioether (sulfide) groups is 1. The van der Waals surface area contributed by atoms with Gasteiger partial charge in [0.15, 0.2) is 0 Å². The predicted molar refractivity (Wildman–Crippen MR) is 108 cm³/mol. The van der Waals surface area contributed by atoms with Crippen molar-refractivity contribution < 1.29 is 4.79 Å². The standard InChI is InChI=1S/C20H20ClN3OS/c1-13-19(20(25)22-16-8-6-9-17(11-16)26-3)14(2)24(23-13)12-15-7-4-5-10-18(15)21/h4-11H,12H2,1-3H3,(H,22,25). The molecule has 4 nitrogen and oxygen atoms in total. The van der Waals surface area contributed by atoms with Gasteiger partial charge in [0.05, 0.1) is 17.8 Å². The van der Waals surface area contributed by atoms with Gasteiger partial charge < -0.3 is 5.32 Å². The molecule has 0 spiro atoms. The minimum atomic E-state index is -0.149. The van der Waals surface area contributed by atoms with Crippen molar-refractivity contribution >= 4 is 35.0 Å². The fourth-order valence-electron chi connectivity index (χ4n) is 2.86. The number of anilines is 1. The average molecular weight is 386 g/mol. The summed E-state index contributed by atoms with van der Waals surface area (Å²) in [7, 11) is 0. The Balaban J connectivity index is 1.85. The number of aromatic nitrogens is 2. The van der Waals surface area contributed by atoms with E-state index in [1.54, 1.807) is 11.8 Å². The number of hydrogen-bond acceptors (Lipinski definition) is 3. The number of rotatable bonds is 5. The Bertz CT molecular complexity index is 952. The lowest BCUT2D eigenvalue weighted by molar-refractivity contribution is 0.102. The fraction of sp³-hybridized carbons (Fsp3) is 0.200. The third-order valence-corrected chi connectivity index (χ3v) is 5.31. The lowest BCUT2D eigenvalue weighted by Crippen LogP contribution is -2.14. The third kappa shape index (κ3) is 3.94. The molecule has 0 saturated carbocycles. The average Bonchev–Trinajstić information content (AvgIpc) is 2.90. The lowest BCUT2D eigenvalue weighted by Gasteiger charge is -2.08. The number of benzene rings is 2. The zero-order valence-electron chi connectivity index (χ0n) is 14.9. The van der Waals surface area contributed by atoms with Crippen molar-refractivity contribution in [2.45, 2.75) is 25.3 Å². The van der Waals surface area contributed by atoms with E-state index in [0.717, 1.165) is 21.8 Å². The molecule has 0 radical (unpaired) electrons. The van der Waals surface area contributed by atoms with E-state index < -0.39 is 0 Å². The number of nitrogens with zero attached hydrogens (tertiary/aromatic N) is 2. The van der Waals surface area contributed by atoms with E-state index in [1.807, 2.05) is 73.3 Å². The summed E-state index contributed by atoms with van der Waals surface area (Å²) >= 11 is 7.89. The van der Waals surface area contributed by atoms with Crippen LogP contribution in [-0.4, -0.2) is 21.9 Å². The molecular formula is C20H20ClN3OS. The molecule has 134 valence electrons. The Kier molecular flexibility index (Phi) is 5.69. The van der Waals surface area contributed by atoms with E-state index in [2.05, 4.69) is 10.4 Å². The molecule has 0 bridgehead atoms. The molecule has 1 N–H and O–H groups in total. The van der Waals surface area contributed by atoms with Gasteiger partial charge in [0, 0.05) is 21.3 Å². The number of nitrogens with one attached hydrogen (secondary N) is 1. The van der Waals surface area contributed by atoms with E-state index in [9.17, 15) is 4.79 Å². The highest BCUT2D eigenvalue weighted by molar-refractivity contribution is 7.98. The summed E-state index contributed by atoms with van der Waals surface area (Å²) in [6.45, 7) is 4.29. The molecule has 2 aromatic carbocycles. The number of aryl methyl sites for hydroxylation is 1. The second kappa shape index (κ2) is 7.98. The number of carbonyl (C=O) groups is 1. The second-order valence-electron chi connectivity index (χ2n) is 5.98. The van der Waals surface area contributed by atoms with Gasteiger partial charge in [-0.05, 0) is 49.9 Å². The van der Waals surface area contributed by atoms with E-state index in [1.165, 1.54) is 0 Å². The molecule has 0 fully saturated rings. The van der Waals surface area contributed by atoms with E-state index >= 15 is 0 Å². The topological polar surface area (TPSA) is 46.9 Å². The largest absolute Gasteiger partial charge is 0.322 e. The van der Waals surface area contributed by atoms with Gasteiger partial charge >= 0.3 is 0 Å². The van der Waals surface area contributed by atoms with Crippen LogP contribution in [-0.2, 0) is 6.54 Å². The van der Waals surface area contributed by atoms with Gasteiger partial charge in [-0.3, -0.25) is 9.48 Å². The van der Waals surface area contributed by atoms with Crippen molar-refractivity contribution in [2.24, 2.45) is 0 Å². The molecule has 1 heterocycles. The van der Waals surface area contributed by atoms with Crippen molar-refractivity contribution in [3.05, 3.63) is 76.1 Å². The highest BCUT2D eigenvalue weighted by Crippen LogP contribution is 2.22. The minimum Gasteiger partial charge on any atom is -0.322 e. The first-order valence-corrected chi connectivity index (χ1v) is 9.82. The van der Waals surface area contributed by atoms with Crippen LogP contribution in [0.3, 0.4) is 0 Å². The fourth-order valence-corrected chi connectivity index (χ4v) is 3.52. The van der Waals surface area contributed by atoms with Gasteiger partial charge in [-0.2, -0.15) is 5.10 Å². The van der Waals surface area contributed by atoms with E-state index in [4.69, 9.17) is 11.6 Å². The number of hydrogen-bond donors (Lipinski definition) is 1. The first kappa shape index (κ1) is 18.5. The van der Waals surface area contributed by atoms with Crippen molar-refractivity contribution in [3.8, 4) is 0 Å². The summed E-state index contributed by atoms with van der Waals surface area (Å²) in [4.78, 5) is 13.9. The van der Waals surface area contributed by atoms with Crippen LogP contribution >= 0.6 is 23.4 Å². The van der Waals surface area contributed by atoms with Crippen LogP contribution in [0.2, 0.25) is 5.02 Å². The molecule has 6 heteroatoms. The Morgan fingerprint density at radius 1 is 1.19 bits per heavy atom. The van der Waals surface area contributed by atoms with Crippen LogP contribution in [0, 0.1) is 13.8 Å². The Labute approximate surface area is 162 Å².